The number of ether oxygens (including phenoxy) is 2. The summed E-state index contributed by atoms with van der Waals surface area (Å²) in [5, 5.41) is 2.70. The molecule has 0 radical (unpaired) electrons. The largest absolute Gasteiger partial charge is 0.460 e. The first-order chi connectivity index (χ1) is 13.6. The summed E-state index contributed by atoms with van der Waals surface area (Å²) in [5.74, 6) is -0.351. The van der Waals surface area contributed by atoms with E-state index in [1.165, 1.54) is 11.1 Å². The molecule has 154 valence electrons. The van der Waals surface area contributed by atoms with Crippen LogP contribution in [0.1, 0.15) is 51.7 Å². The molecule has 0 aliphatic heterocycles. The normalized spacial score (nSPS) is 13.4. The van der Waals surface area contributed by atoms with Gasteiger partial charge in [-0.1, -0.05) is 48.5 Å². The Hall–Kier alpha value is -2.82. The van der Waals surface area contributed by atoms with Crippen LogP contribution in [0.25, 0.3) is 11.1 Å². The molecule has 5 nitrogen and oxygen atoms in total. The summed E-state index contributed by atoms with van der Waals surface area (Å²) in [6.45, 7) is 9.32. The molecule has 1 amide bonds. The van der Waals surface area contributed by atoms with Gasteiger partial charge in [0.2, 0.25) is 0 Å². The lowest BCUT2D eigenvalue weighted by molar-refractivity contribution is -0.165. The van der Waals surface area contributed by atoms with E-state index in [1.54, 1.807) is 13.8 Å². The second-order valence-electron chi connectivity index (χ2n) is 9.06. The Morgan fingerprint density at radius 3 is 1.93 bits per heavy atom. The number of nitrogens with one attached hydrogen (secondary N) is 1. The van der Waals surface area contributed by atoms with Crippen LogP contribution in [0.2, 0.25) is 0 Å². The third kappa shape index (κ3) is 4.78. The van der Waals surface area contributed by atoms with E-state index >= 15 is 0 Å². The Kier molecular flexibility index (Phi) is 5.69. The highest BCUT2D eigenvalue weighted by Crippen LogP contribution is 2.44. The standard InChI is InChI=1S/C24H29NO4/c1-23(2,3)29-21(26)24(4,5)15-25-22(27)28-14-20-18-12-8-6-10-16(18)17-11-7-9-13-19(17)20/h6-13,20H,14-15H2,1-5H3,(H,25,27). The molecule has 0 fully saturated rings. The molecule has 3 rings (SSSR count). The molecule has 0 bridgehead atoms. The van der Waals surface area contributed by atoms with E-state index in [1.807, 2.05) is 45.0 Å². The number of amides is 1. The van der Waals surface area contributed by atoms with E-state index in [-0.39, 0.29) is 25.0 Å². The highest BCUT2D eigenvalue weighted by molar-refractivity contribution is 5.79. The smallest absolute Gasteiger partial charge is 0.407 e. The van der Waals surface area contributed by atoms with Crippen molar-refractivity contribution in [3.05, 3.63) is 59.7 Å². The van der Waals surface area contributed by atoms with Crippen LogP contribution in [0.15, 0.2) is 48.5 Å². The maximum Gasteiger partial charge on any atom is 0.407 e. The molecule has 0 saturated heterocycles. The van der Waals surface area contributed by atoms with Crippen molar-refractivity contribution in [2.45, 2.75) is 46.1 Å². The van der Waals surface area contributed by atoms with Gasteiger partial charge in [0.15, 0.2) is 0 Å². The molecule has 1 aliphatic carbocycles. The zero-order valence-electron chi connectivity index (χ0n) is 17.7. The maximum absolute atomic E-state index is 12.3. The summed E-state index contributed by atoms with van der Waals surface area (Å²) in [6.07, 6.45) is -0.538. The molecule has 1 N–H and O–H groups in total. The SMILES string of the molecule is CC(C)(C)OC(=O)C(C)(C)CNC(=O)OCC1c2ccccc2-c2ccccc21. The van der Waals surface area contributed by atoms with Gasteiger partial charge < -0.3 is 14.8 Å². The minimum Gasteiger partial charge on any atom is -0.460 e. The van der Waals surface area contributed by atoms with Gasteiger partial charge in [0.25, 0.3) is 0 Å². The third-order valence-corrected chi connectivity index (χ3v) is 4.97. The van der Waals surface area contributed by atoms with Crippen molar-refractivity contribution in [2.75, 3.05) is 13.2 Å². The zero-order chi connectivity index (χ0) is 21.2. The zero-order valence-corrected chi connectivity index (χ0v) is 17.7. The number of benzene rings is 2. The van der Waals surface area contributed by atoms with E-state index in [9.17, 15) is 9.59 Å². The molecular formula is C24H29NO4. The lowest BCUT2D eigenvalue weighted by atomic mass is 9.93. The van der Waals surface area contributed by atoms with Crippen molar-refractivity contribution in [3.8, 4) is 11.1 Å². The predicted octanol–water partition coefficient (Wildman–Crippen LogP) is 4.89. The molecule has 0 aromatic heterocycles. The summed E-state index contributed by atoms with van der Waals surface area (Å²) in [7, 11) is 0. The van der Waals surface area contributed by atoms with Crippen LogP contribution in [0.3, 0.4) is 0 Å². The van der Waals surface area contributed by atoms with Crippen LogP contribution in [-0.2, 0) is 14.3 Å². The number of rotatable bonds is 5. The van der Waals surface area contributed by atoms with Gasteiger partial charge in [-0.15, -0.1) is 0 Å². The summed E-state index contributed by atoms with van der Waals surface area (Å²) in [6, 6.07) is 16.4. The fourth-order valence-electron chi connectivity index (χ4n) is 3.43. The van der Waals surface area contributed by atoms with Gasteiger partial charge in [0.05, 0.1) is 5.41 Å². The van der Waals surface area contributed by atoms with Gasteiger partial charge in [-0.05, 0) is 56.9 Å². The first-order valence-corrected chi connectivity index (χ1v) is 9.91. The van der Waals surface area contributed by atoms with E-state index in [0.29, 0.717) is 0 Å². The monoisotopic (exact) mass is 395 g/mol. The molecule has 0 spiro atoms. The van der Waals surface area contributed by atoms with E-state index in [2.05, 4.69) is 29.6 Å². The number of alkyl carbamates (subject to hydrolysis) is 1. The third-order valence-electron chi connectivity index (χ3n) is 4.97. The molecule has 1 aliphatic rings. The topological polar surface area (TPSA) is 64.6 Å². The van der Waals surface area contributed by atoms with Crippen LogP contribution in [0, 0.1) is 5.41 Å². The quantitative estimate of drug-likeness (QED) is 0.732. The van der Waals surface area contributed by atoms with Gasteiger partial charge >= 0.3 is 12.1 Å². The molecule has 0 atom stereocenters. The fraction of sp³-hybridized carbons (Fsp3) is 0.417. The molecule has 5 heteroatoms. The number of hydrogen-bond acceptors (Lipinski definition) is 4. The van der Waals surface area contributed by atoms with Crippen molar-refractivity contribution < 1.29 is 19.1 Å². The Morgan fingerprint density at radius 2 is 1.41 bits per heavy atom. The van der Waals surface area contributed by atoms with Crippen LogP contribution >= 0.6 is 0 Å². The Bertz CT molecular complexity index is 866. The summed E-state index contributed by atoms with van der Waals surface area (Å²) in [5.41, 5.74) is 3.27. The van der Waals surface area contributed by atoms with Crippen molar-refractivity contribution in [2.24, 2.45) is 5.41 Å². The lowest BCUT2D eigenvalue weighted by Crippen LogP contribution is -2.42. The average Bonchev–Trinajstić information content (AvgIpc) is 2.97. The first-order valence-electron chi connectivity index (χ1n) is 9.91. The maximum atomic E-state index is 12.3. The highest BCUT2D eigenvalue weighted by atomic mass is 16.6. The molecule has 0 unspecified atom stereocenters. The predicted molar refractivity (Wildman–Crippen MR) is 113 cm³/mol. The molecule has 0 heterocycles. The van der Waals surface area contributed by atoms with Gasteiger partial charge in [-0.25, -0.2) is 4.79 Å². The van der Waals surface area contributed by atoms with Crippen LogP contribution in [0.4, 0.5) is 4.79 Å². The van der Waals surface area contributed by atoms with Crippen LogP contribution < -0.4 is 5.32 Å². The summed E-state index contributed by atoms with van der Waals surface area (Å²) < 4.78 is 10.9. The second-order valence-corrected chi connectivity index (χ2v) is 9.06. The van der Waals surface area contributed by atoms with Crippen LogP contribution in [0.5, 0.6) is 0 Å². The number of esters is 1. The minimum atomic E-state index is -0.848. The van der Waals surface area contributed by atoms with Gasteiger partial charge in [0, 0.05) is 12.5 Å². The van der Waals surface area contributed by atoms with Crippen molar-refractivity contribution >= 4 is 12.1 Å². The van der Waals surface area contributed by atoms with E-state index in [4.69, 9.17) is 9.47 Å². The number of carbonyl (C=O) groups is 2. The molecule has 29 heavy (non-hydrogen) atoms. The molecular weight excluding hydrogens is 366 g/mol. The van der Waals surface area contributed by atoms with Crippen molar-refractivity contribution in [1.82, 2.24) is 5.32 Å². The lowest BCUT2D eigenvalue weighted by Gasteiger charge is -2.28. The number of fused-ring (bicyclic) bond motifs is 3. The van der Waals surface area contributed by atoms with E-state index in [0.717, 1.165) is 11.1 Å². The minimum absolute atomic E-state index is 0.00650. The van der Waals surface area contributed by atoms with Gasteiger partial charge in [-0.2, -0.15) is 0 Å². The number of hydrogen-bond donors (Lipinski definition) is 1. The summed E-state index contributed by atoms with van der Waals surface area (Å²) in [4.78, 5) is 24.6. The van der Waals surface area contributed by atoms with E-state index < -0.39 is 17.1 Å². The average molecular weight is 395 g/mol. The Balaban J connectivity index is 1.60. The first kappa shape index (κ1) is 20.9. The van der Waals surface area contributed by atoms with Gasteiger partial charge in [-0.3, -0.25) is 4.79 Å². The van der Waals surface area contributed by atoms with Crippen molar-refractivity contribution in [3.63, 3.8) is 0 Å². The Morgan fingerprint density at radius 1 is 0.897 bits per heavy atom. The fourth-order valence-corrected chi connectivity index (χ4v) is 3.43. The number of carbonyl (C=O) groups excluding carboxylic acids is 2. The highest BCUT2D eigenvalue weighted by Gasteiger charge is 2.33. The van der Waals surface area contributed by atoms with Crippen molar-refractivity contribution in [1.29, 1.82) is 0 Å². The molecule has 0 saturated carbocycles. The molecule has 2 aromatic carbocycles. The summed E-state index contributed by atoms with van der Waals surface area (Å²) >= 11 is 0. The second kappa shape index (κ2) is 7.90. The van der Waals surface area contributed by atoms with Crippen LogP contribution in [-0.4, -0.2) is 30.8 Å². The Labute approximate surface area is 172 Å². The molecule has 2 aromatic rings. The van der Waals surface area contributed by atoms with Gasteiger partial charge in [0.1, 0.15) is 12.2 Å².